The van der Waals surface area contributed by atoms with E-state index < -0.39 is 0 Å². The van der Waals surface area contributed by atoms with E-state index in [1.54, 1.807) is 0 Å². The normalized spacial score (nSPS) is 10.7. The molecule has 1 aromatic carbocycles. The summed E-state index contributed by atoms with van der Waals surface area (Å²) in [5.41, 5.74) is 3.74. The molecule has 0 bridgehead atoms. The monoisotopic (exact) mass is 248 g/mol. The summed E-state index contributed by atoms with van der Waals surface area (Å²) in [6.45, 7) is 10.2. The third kappa shape index (κ3) is 4.49. The van der Waals surface area contributed by atoms with Gasteiger partial charge in [-0.1, -0.05) is 39.0 Å². The molecule has 0 heterocycles. The molecule has 1 aromatic rings. The molecule has 0 saturated carbocycles. The lowest BCUT2D eigenvalue weighted by Gasteiger charge is -2.12. The van der Waals surface area contributed by atoms with Crippen molar-refractivity contribution in [1.82, 2.24) is 10.6 Å². The molecule has 1 amide bonds. The van der Waals surface area contributed by atoms with Crippen LogP contribution in [0.3, 0.4) is 0 Å². The highest BCUT2D eigenvalue weighted by Gasteiger charge is 2.05. The van der Waals surface area contributed by atoms with E-state index in [9.17, 15) is 4.79 Å². The third-order valence-corrected chi connectivity index (χ3v) is 3.05. The van der Waals surface area contributed by atoms with E-state index in [1.165, 1.54) is 16.7 Å². The summed E-state index contributed by atoms with van der Waals surface area (Å²) in [6.07, 6.45) is 0. The number of carbonyl (C=O) groups excluding carboxylic acids is 1. The molecule has 0 aliphatic rings. The van der Waals surface area contributed by atoms with E-state index in [0.717, 1.165) is 6.54 Å². The number of amides is 1. The first-order chi connectivity index (χ1) is 8.54. The fourth-order valence-corrected chi connectivity index (χ4v) is 1.74. The van der Waals surface area contributed by atoms with Crippen LogP contribution in [0.15, 0.2) is 18.2 Å². The van der Waals surface area contributed by atoms with Crippen molar-refractivity contribution in [2.75, 3.05) is 13.1 Å². The number of carbonyl (C=O) groups is 1. The highest BCUT2D eigenvalue weighted by molar-refractivity contribution is 5.78. The van der Waals surface area contributed by atoms with Gasteiger partial charge >= 0.3 is 0 Å². The number of hydrogen-bond donors (Lipinski definition) is 2. The molecule has 1 rings (SSSR count). The van der Waals surface area contributed by atoms with Gasteiger partial charge in [-0.3, -0.25) is 4.79 Å². The number of benzene rings is 1. The van der Waals surface area contributed by atoms with Gasteiger partial charge in [-0.2, -0.15) is 0 Å². The second-order valence-electron chi connectivity index (χ2n) is 4.90. The molecule has 2 N–H and O–H groups in total. The van der Waals surface area contributed by atoms with Crippen LogP contribution in [0.1, 0.15) is 43.4 Å². The molecule has 0 atom stereocenters. The zero-order chi connectivity index (χ0) is 13.5. The van der Waals surface area contributed by atoms with Gasteiger partial charge < -0.3 is 10.6 Å². The Morgan fingerprint density at radius 1 is 1.33 bits per heavy atom. The summed E-state index contributed by atoms with van der Waals surface area (Å²) in [6, 6.07) is 6.47. The van der Waals surface area contributed by atoms with Crippen molar-refractivity contribution in [3.63, 3.8) is 0 Å². The summed E-state index contributed by atoms with van der Waals surface area (Å²) in [5, 5.41) is 5.96. The molecule has 0 saturated heterocycles. The lowest BCUT2D eigenvalue weighted by molar-refractivity contribution is -0.120. The smallest absolute Gasteiger partial charge is 0.234 e. The highest BCUT2D eigenvalue weighted by Crippen LogP contribution is 2.18. The van der Waals surface area contributed by atoms with E-state index >= 15 is 0 Å². The topological polar surface area (TPSA) is 41.1 Å². The molecule has 0 spiro atoms. The minimum absolute atomic E-state index is 0.0474. The van der Waals surface area contributed by atoms with Crippen molar-refractivity contribution >= 4 is 5.91 Å². The van der Waals surface area contributed by atoms with E-state index in [4.69, 9.17) is 0 Å². The Balaban J connectivity index is 2.61. The molecule has 0 radical (unpaired) electrons. The summed E-state index contributed by atoms with van der Waals surface area (Å²) >= 11 is 0. The van der Waals surface area contributed by atoms with Gasteiger partial charge in [0.2, 0.25) is 5.91 Å². The summed E-state index contributed by atoms with van der Waals surface area (Å²) in [4.78, 5) is 11.5. The van der Waals surface area contributed by atoms with Crippen LogP contribution in [0.4, 0.5) is 0 Å². The zero-order valence-electron chi connectivity index (χ0n) is 11.8. The molecular weight excluding hydrogens is 224 g/mol. The fourth-order valence-electron chi connectivity index (χ4n) is 1.74. The van der Waals surface area contributed by atoms with Crippen molar-refractivity contribution < 1.29 is 4.79 Å². The van der Waals surface area contributed by atoms with Gasteiger partial charge in [-0.15, -0.1) is 0 Å². The summed E-state index contributed by atoms with van der Waals surface area (Å²) in [7, 11) is 0. The SMILES string of the molecule is CCNCC(=O)NCc1cc(C(C)C)ccc1C. The lowest BCUT2D eigenvalue weighted by Crippen LogP contribution is -2.33. The Hall–Kier alpha value is -1.35. The Labute approximate surface area is 110 Å². The second kappa shape index (κ2) is 7.17. The predicted octanol–water partition coefficient (Wildman–Crippen LogP) is 2.34. The van der Waals surface area contributed by atoms with Gasteiger partial charge in [0, 0.05) is 6.54 Å². The van der Waals surface area contributed by atoms with Crippen molar-refractivity contribution in [3.8, 4) is 0 Å². The van der Waals surface area contributed by atoms with Gasteiger partial charge in [0.15, 0.2) is 0 Å². The minimum atomic E-state index is 0.0474. The minimum Gasteiger partial charge on any atom is -0.351 e. The first kappa shape index (κ1) is 14.7. The number of aryl methyl sites for hydroxylation is 1. The average Bonchev–Trinajstić information content (AvgIpc) is 2.35. The lowest BCUT2D eigenvalue weighted by atomic mass is 9.98. The summed E-state index contributed by atoms with van der Waals surface area (Å²) in [5.74, 6) is 0.563. The highest BCUT2D eigenvalue weighted by atomic mass is 16.1. The molecule has 0 aromatic heterocycles. The van der Waals surface area contributed by atoms with Crippen molar-refractivity contribution in [2.45, 2.75) is 40.2 Å². The predicted molar refractivity (Wildman–Crippen MR) is 75.7 cm³/mol. The van der Waals surface area contributed by atoms with Gasteiger partial charge in [-0.25, -0.2) is 0 Å². The number of nitrogens with one attached hydrogen (secondary N) is 2. The Bertz CT molecular complexity index is 399. The largest absolute Gasteiger partial charge is 0.351 e. The number of hydrogen-bond acceptors (Lipinski definition) is 2. The van der Waals surface area contributed by atoms with Crippen LogP contribution in [0.2, 0.25) is 0 Å². The van der Waals surface area contributed by atoms with Crippen LogP contribution in [0, 0.1) is 6.92 Å². The second-order valence-corrected chi connectivity index (χ2v) is 4.90. The molecule has 0 unspecified atom stereocenters. The van der Waals surface area contributed by atoms with Gasteiger partial charge in [-0.05, 0) is 36.1 Å². The molecule has 3 nitrogen and oxygen atoms in total. The first-order valence-electron chi connectivity index (χ1n) is 6.61. The molecular formula is C15H24N2O. The maximum atomic E-state index is 11.5. The summed E-state index contributed by atoms with van der Waals surface area (Å²) < 4.78 is 0. The molecule has 0 fully saturated rings. The Morgan fingerprint density at radius 2 is 2.06 bits per heavy atom. The standard InChI is InChI=1S/C15H24N2O/c1-5-16-10-15(18)17-9-14-8-13(11(2)3)7-6-12(14)4/h6-8,11,16H,5,9-10H2,1-4H3,(H,17,18). The maximum Gasteiger partial charge on any atom is 0.234 e. The van der Waals surface area contributed by atoms with E-state index in [1.807, 2.05) is 6.92 Å². The third-order valence-electron chi connectivity index (χ3n) is 3.05. The van der Waals surface area contributed by atoms with Gasteiger partial charge in [0.25, 0.3) is 0 Å². The van der Waals surface area contributed by atoms with Gasteiger partial charge in [0.05, 0.1) is 6.54 Å². The van der Waals surface area contributed by atoms with Crippen molar-refractivity contribution in [1.29, 1.82) is 0 Å². The molecule has 3 heteroatoms. The Kier molecular flexibility index (Phi) is 5.86. The van der Waals surface area contributed by atoms with Crippen LogP contribution in [-0.2, 0) is 11.3 Å². The van der Waals surface area contributed by atoms with Crippen LogP contribution in [0.25, 0.3) is 0 Å². The number of rotatable bonds is 6. The van der Waals surface area contributed by atoms with Crippen LogP contribution >= 0.6 is 0 Å². The van der Waals surface area contributed by atoms with E-state index in [0.29, 0.717) is 19.0 Å². The number of likely N-dealkylation sites (N-methyl/N-ethyl adjacent to an activating group) is 1. The molecule has 0 aliphatic carbocycles. The zero-order valence-corrected chi connectivity index (χ0v) is 11.8. The maximum absolute atomic E-state index is 11.5. The van der Waals surface area contributed by atoms with Crippen LogP contribution in [0.5, 0.6) is 0 Å². The van der Waals surface area contributed by atoms with Crippen LogP contribution in [-0.4, -0.2) is 19.0 Å². The molecule has 18 heavy (non-hydrogen) atoms. The average molecular weight is 248 g/mol. The Morgan fingerprint density at radius 3 is 2.67 bits per heavy atom. The molecule has 100 valence electrons. The quantitative estimate of drug-likeness (QED) is 0.811. The molecule has 0 aliphatic heterocycles. The van der Waals surface area contributed by atoms with Gasteiger partial charge in [0.1, 0.15) is 0 Å². The first-order valence-corrected chi connectivity index (χ1v) is 6.61. The fraction of sp³-hybridized carbons (Fsp3) is 0.533. The van der Waals surface area contributed by atoms with Crippen molar-refractivity contribution in [3.05, 3.63) is 34.9 Å². The van der Waals surface area contributed by atoms with Crippen molar-refractivity contribution in [2.24, 2.45) is 0 Å². The van der Waals surface area contributed by atoms with Crippen LogP contribution < -0.4 is 10.6 Å². The van der Waals surface area contributed by atoms with E-state index in [-0.39, 0.29) is 5.91 Å². The van der Waals surface area contributed by atoms with E-state index in [2.05, 4.69) is 49.6 Å².